The van der Waals surface area contributed by atoms with Crippen molar-refractivity contribution in [1.29, 1.82) is 0 Å². The molecule has 24 heavy (non-hydrogen) atoms. The first-order valence-corrected chi connectivity index (χ1v) is 7.51. The molecule has 0 aliphatic heterocycles. The minimum atomic E-state index is -0.337. The summed E-state index contributed by atoms with van der Waals surface area (Å²) in [5, 5.41) is 11.1. The minimum absolute atomic E-state index is 0.0836. The molecule has 2 N–H and O–H groups in total. The maximum atomic E-state index is 13.5. The van der Waals surface area contributed by atoms with Crippen LogP contribution < -0.4 is 10.6 Å². The summed E-state index contributed by atoms with van der Waals surface area (Å²) in [4.78, 5) is 19.4. The predicted octanol–water partition coefficient (Wildman–Crippen LogP) is 1.81. The molecule has 0 aliphatic rings. The van der Waals surface area contributed by atoms with Crippen molar-refractivity contribution in [3.8, 4) is 5.69 Å². The van der Waals surface area contributed by atoms with Gasteiger partial charge >= 0.3 is 0 Å². The number of amides is 1. The zero-order valence-electron chi connectivity index (χ0n) is 13.4. The summed E-state index contributed by atoms with van der Waals surface area (Å²) in [7, 11) is 0. The Kier molecular flexibility index (Phi) is 4.37. The summed E-state index contributed by atoms with van der Waals surface area (Å²) in [5.74, 6) is 0.210. The van der Waals surface area contributed by atoms with E-state index in [4.69, 9.17) is 0 Å². The van der Waals surface area contributed by atoms with Gasteiger partial charge < -0.3 is 10.6 Å². The molecule has 0 radical (unpaired) electrons. The molecule has 0 aliphatic carbocycles. The number of halogens is 1. The lowest BCUT2D eigenvalue weighted by molar-refractivity contribution is -0.118. The van der Waals surface area contributed by atoms with E-state index in [2.05, 4.69) is 25.7 Å². The van der Waals surface area contributed by atoms with Crippen molar-refractivity contribution in [2.45, 2.75) is 13.8 Å². The Morgan fingerprint density at radius 1 is 1.29 bits per heavy atom. The van der Waals surface area contributed by atoms with E-state index in [9.17, 15) is 9.18 Å². The lowest BCUT2D eigenvalue weighted by atomic mass is 10.3. The summed E-state index contributed by atoms with van der Waals surface area (Å²) in [6.45, 7) is 4.32. The lowest BCUT2D eigenvalue weighted by Crippen LogP contribution is -2.26. The van der Waals surface area contributed by atoms with Crippen LogP contribution in [0.15, 0.2) is 30.6 Å². The van der Waals surface area contributed by atoms with Gasteiger partial charge in [0.1, 0.15) is 18.0 Å². The second-order valence-electron chi connectivity index (χ2n) is 5.31. The molecule has 1 aromatic carbocycles. The first kappa shape index (κ1) is 15.9. The van der Waals surface area contributed by atoms with E-state index in [0.29, 0.717) is 30.2 Å². The number of rotatable bonds is 5. The third-order valence-electron chi connectivity index (χ3n) is 3.48. The minimum Gasteiger partial charge on any atom is -0.368 e. The number of hydrogen-bond acceptors (Lipinski definition) is 5. The topological polar surface area (TPSA) is 84.7 Å². The van der Waals surface area contributed by atoms with Crippen LogP contribution in [-0.2, 0) is 4.79 Å². The fraction of sp³-hybridized carbons (Fsp3) is 0.250. The molecular weight excluding hydrogens is 311 g/mol. The summed E-state index contributed by atoms with van der Waals surface area (Å²) >= 11 is 0. The van der Waals surface area contributed by atoms with Gasteiger partial charge in [-0.1, -0.05) is 6.07 Å². The van der Waals surface area contributed by atoms with Crippen molar-refractivity contribution in [2.75, 3.05) is 18.4 Å². The Morgan fingerprint density at radius 3 is 2.88 bits per heavy atom. The molecule has 0 spiro atoms. The van der Waals surface area contributed by atoms with Gasteiger partial charge in [0.15, 0.2) is 5.65 Å². The van der Waals surface area contributed by atoms with Crippen LogP contribution in [0.4, 0.5) is 10.2 Å². The van der Waals surface area contributed by atoms with Gasteiger partial charge in [-0.25, -0.2) is 19.0 Å². The Morgan fingerprint density at radius 2 is 2.12 bits per heavy atom. The molecule has 3 rings (SSSR count). The van der Waals surface area contributed by atoms with Crippen LogP contribution >= 0.6 is 0 Å². The van der Waals surface area contributed by atoms with Crippen molar-refractivity contribution in [3.63, 3.8) is 0 Å². The average molecular weight is 328 g/mol. The van der Waals surface area contributed by atoms with Crippen molar-refractivity contribution >= 4 is 22.8 Å². The molecule has 8 heteroatoms. The van der Waals surface area contributed by atoms with Gasteiger partial charge in [0.05, 0.1) is 16.8 Å². The smallest absolute Gasteiger partial charge is 0.216 e. The lowest BCUT2D eigenvalue weighted by Gasteiger charge is -2.07. The summed E-state index contributed by atoms with van der Waals surface area (Å²) in [6, 6.07) is 6.17. The zero-order chi connectivity index (χ0) is 17.1. The second kappa shape index (κ2) is 6.61. The molecule has 1 amide bonds. The summed E-state index contributed by atoms with van der Waals surface area (Å²) < 4.78 is 15.1. The highest BCUT2D eigenvalue weighted by molar-refractivity contribution is 5.90. The van der Waals surface area contributed by atoms with Crippen LogP contribution in [0.5, 0.6) is 0 Å². The van der Waals surface area contributed by atoms with E-state index >= 15 is 0 Å². The number of fused-ring (bicyclic) bond motifs is 1. The fourth-order valence-corrected chi connectivity index (χ4v) is 2.46. The van der Waals surface area contributed by atoms with Crippen LogP contribution in [0.1, 0.15) is 12.6 Å². The molecule has 124 valence electrons. The molecule has 7 nitrogen and oxygen atoms in total. The molecule has 2 aromatic heterocycles. The van der Waals surface area contributed by atoms with Gasteiger partial charge in [0.2, 0.25) is 5.91 Å². The van der Waals surface area contributed by atoms with Crippen molar-refractivity contribution in [3.05, 3.63) is 42.1 Å². The van der Waals surface area contributed by atoms with Crippen molar-refractivity contribution in [1.82, 2.24) is 25.1 Å². The van der Waals surface area contributed by atoms with Gasteiger partial charge in [0, 0.05) is 20.0 Å². The number of nitrogens with one attached hydrogen (secondary N) is 2. The maximum absolute atomic E-state index is 13.5. The highest BCUT2D eigenvalue weighted by Gasteiger charge is 2.15. The first-order chi connectivity index (χ1) is 11.6. The number of carbonyl (C=O) groups excluding carboxylic acids is 1. The maximum Gasteiger partial charge on any atom is 0.216 e. The molecule has 3 aromatic rings. The molecule has 0 unspecified atom stereocenters. The Balaban J connectivity index is 1.95. The molecule has 0 saturated heterocycles. The van der Waals surface area contributed by atoms with Crippen LogP contribution in [0.25, 0.3) is 16.7 Å². The first-order valence-electron chi connectivity index (χ1n) is 7.51. The number of carbonyl (C=O) groups is 1. The molecular formula is C16H17FN6O. The van der Waals surface area contributed by atoms with Gasteiger partial charge in [-0.15, -0.1) is 0 Å². The number of aryl methyl sites for hydroxylation is 1. The summed E-state index contributed by atoms with van der Waals surface area (Å²) in [6.07, 6.45) is 1.43. The Labute approximate surface area is 137 Å². The molecule has 0 fully saturated rings. The van der Waals surface area contributed by atoms with E-state index in [1.54, 1.807) is 16.8 Å². The van der Waals surface area contributed by atoms with E-state index in [0.717, 1.165) is 11.1 Å². The van der Waals surface area contributed by atoms with E-state index in [-0.39, 0.29) is 11.7 Å². The van der Waals surface area contributed by atoms with Crippen molar-refractivity contribution in [2.24, 2.45) is 0 Å². The SMILES string of the molecule is CC(=O)NCCNc1ncnc2c1c(C)nn2-c1cccc(F)c1. The number of benzene rings is 1. The monoisotopic (exact) mass is 328 g/mol. The van der Waals surface area contributed by atoms with Crippen LogP contribution in [0, 0.1) is 12.7 Å². The van der Waals surface area contributed by atoms with E-state index in [1.807, 2.05) is 6.92 Å². The summed E-state index contributed by atoms with van der Waals surface area (Å²) in [5.41, 5.74) is 1.92. The van der Waals surface area contributed by atoms with Crippen molar-refractivity contribution < 1.29 is 9.18 Å². The van der Waals surface area contributed by atoms with Crippen LogP contribution in [0.3, 0.4) is 0 Å². The number of nitrogens with zero attached hydrogens (tertiary/aromatic N) is 4. The predicted molar refractivity (Wildman–Crippen MR) is 88.5 cm³/mol. The number of aromatic nitrogens is 4. The quantitative estimate of drug-likeness (QED) is 0.698. The molecule has 0 bridgehead atoms. The number of hydrogen-bond donors (Lipinski definition) is 2. The zero-order valence-corrected chi connectivity index (χ0v) is 13.4. The normalized spacial score (nSPS) is 10.8. The van der Waals surface area contributed by atoms with Gasteiger partial charge in [-0.3, -0.25) is 4.79 Å². The van der Waals surface area contributed by atoms with E-state index in [1.165, 1.54) is 25.4 Å². The largest absolute Gasteiger partial charge is 0.368 e. The Bertz CT molecular complexity index is 891. The molecule has 2 heterocycles. The molecule has 0 atom stereocenters. The third kappa shape index (κ3) is 3.17. The highest BCUT2D eigenvalue weighted by Crippen LogP contribution is 2.25. The van der Waals surface area contributed by atoms with Gasteiger partial charge in [0.25, 0.3) is 0 Å². The standard InChI is InChI=1S/C16H17FN6O/c1-10-14-15(19-7-6-18-11(2)24)20-9-21-16(14)23(22-10)13-5-3-4-12(17)8-13/h3-5,8-9H,6-7H2,1-2H3,(H,18,24)(H,19,20,21). The molecule has 0 saturated carbocycles. The number of anilines is 1. The van der Waals surface area contributed by atoms with Gasteiger partial charge in [-0.05, 0) is 25.1 Å². The highest BCUT2D eigenvalue weighted by atomic mass is 19.1. The fourth-order valence-electron chi connectivity index (χ4n) is 2.46. The van der Waals surface area contributed by atoms with Gasteiger partial charge in [-0.2, -0.15) is 5.10 Å². The Hall–Kier alpha value is -3.03. The second-order valence-corrected chi connectivity index (χ2v) is 5.31. The van der Waals surface area contributed by atoms with Crippen LogP contribution in [0.2, 0.25) is 0 Å². The van der Waals surface area contributed by atoms with Crippen LogP contribution in [-0.4, -0.2) is 38.7 Å². The van der Waals surface area contributed by atoms with E-state index < -0.39 is 0 Å². The average Bonchev–Trinajstić information content (AvgIpc) is 2.89. The third-order valence-corrected chi connectivity index (χ3v) is 3.48.